The number of hydrogen-bond acceptors (Lipinski definition) is 3. The molecule has 0 fully saturated rings. The molecule has 0 bridgehead atoms. The molecule has 1 aromatic rings. The fourth-order valence-corrected chi connectivity index (χ4v) is 2.95. The summed E-state index contributed by atoms with van der Waals surface area (Å²) in [6.07, 6.45) is 0.742. The van der Waals surface area contributed by atoms with Crippen molar-refractivity contribution in [3.63, 3.8) is 0 Å². The Morgan fingerprint density at radius 2 is 2.15 bits per heavy atom. The van der Waals surface area contributed by atoms with E-state index in [0.717, 1.165) is 6.42 Å². The fourth-order valence-electron chi connectivity index (χ4n) is 1.97. The second-order valence-electron chi connectivity index (χ2n) is 5.02. The van der Waals surface area contributed by atoms with Gasteiger partial charge in [0, 0.05) is 11.6 Å². The van der Waals surface area contributed by atoms with Crippen LogP contribution in [0.2, 0.25) is 5.02 Å². The molecule has 0 heterocycles. The second-order valence-corrected chi connectivity index (χ2v) is 6.31. The molecule has 0 aliphatic carbocycles. The SMILES string of the molecule is COc1c(Br)cc(Cl)cc1NC(=O)C(CN)CC(C)C. The zero-order valence-electron chi connectivity index (χ0n) is 11.9. The minimum Gasteiger partial charge on any atom is -0.493 e. The van der Waals surface area contributed by atoms with Crippen molar-refractivity contribution >= 4 is 39.1 Å². The van der Waals surface area contributed by atoms with E-state index in [1.165, 1.54) is 7.11 Å². The monoisotopic (exact) mass is 362 g/mol. The van der Waals surface area contributed by atoms with Gasteiger partial charge in [0.25, 0.3) is 0 Å². The van der Waals surface area contributed by atoms with Gasteiger partial charge in [0.2, 0.25) is 5.91 Å². The molecule has 0 aliphatic rings. The Labute approximate surface area is 133 Å². The summed E-state index contributed by atoms with van der Waals surface area (Å²) in [5.74, 6) is 0.608. The van der Waals surface area contributed by atoms with Crippen molar-refractivity contribution in [1.29, 1.82) is 0 Å². The zero-order valence-corrected chi connectivity index (χ0v) is 14.2. The first-order valence-corrected chi connectivity index (χ1v) is 7.60. The number of anilines is 1. The predicted molar refractivity (Wildman–Crippen MR) is 86.3 cm³/mol. The summed E-state index contributed by atoms with van der Waals surface area (Å²) in [6, 6.07) is 3.37. The maximum Gasteiger partial charge on any atom is 0.228 e. The number of nitrogens with two attached hydrogens (primary N) is 1. The number of benzene rings is 1. The van der Waals surface area contributed by atoms with Crippen molar-refractivity contribution in [1.82, 2.24) is 0 Å². The average Bonchev–Trinajstić information content (AvgIpc) is 2.35. The first-order chi connectivity index (χ1) is 9.38. The number of rotatable bonds is 6. The lowest BCUT2D eigenvalue weighted by Crippen LogP contribution is -2.30. The first-order valence-electron chi connectivity index (χ1n) is 6.43. The predicted octanol–water partition coefficient (Wildman–Crippen LogP) is 3.67. The number of carbonyl (C=O) groups excluding carboxylic acids is 1. The Kier molecular flexibility index (Phi) is 6.79. The summed E-state index contributed by atoms with van der Waals surface area (Å²) in [6.45, 7) is 4.44. The number of ether oxygens (including phenoxy) is 1. The summed E-state index contributed by atoms with van der Waals surface area (Å²) in [7, 11) is 1.54. The maximum absolute atomic E-state index is 12.3. The molecule has 1 atom stereocenters. The van der Waals surface area contributed by atoms with Crippen molar-refractivity contribution in [3.8, 4) is 5.75 Å². The van der Waals surface area contributed by atoms with Crippen LogP contribution in [0.1, 0.15) is 20.3 Å². The molecule has 0 aliphatic heterocycles. The summed E-state index contributed by atoms with van der Waals surface area (Å²) >= 11 is 9.36. The Morgan fingerprint density at radius 3 is 2.65 bits per heavy atom. The van der Waals surface area contributed by atoms with Crippen LogP contribution in [0.15, 0.2) is 16.6 Å². The van der Waals surface area contributed by atoms with Crippen LogP contribution in [0.4, 0.5) is 5.69 Å². The first kappa shape index (κ1) is 17.3. The van der Waals surface area contributed by atoms with Crippen LogP contribution in [0, 0.1) is 11.8 Å². The topological polar surface area (TPSA) is 64.3 Å². The third-order valence-electron chi connectivity index (χ3n) is 2.88. The molecule has 1 rings (SSSR count). The molecule has 3 N–H and O–H groups in total. The summed E-state index contributed by atoms with van der Waals surface area (Å²) in [4.78, 5) is 12.3. The average molecular weight is 364 g/mol. The van der Waals surface area contributed by atoms with Crippen LogP contribution >= 0.6 is 27.5 Å². The molecule has 20 heavy (non-hydrogen) atoms. The van der Waals surface area contributed by atoms with Gasteiger partial charge in [-0.3, -0.25) is 4.79 Å². The lowest BCUT2D eigenvalue weighted by atomic mass is 9.96. The molecule has 0 radical (unpaired) electrons. The van der Waals surface area contributed by atoms with Gasteiger partial charge in [-0.05, 0) is 40.4 Å². The molecule has 0 saturated carbocycles. The van der Waals surface area contributed by atoms with Crippen LogP contribution in [-0.4, -0.2) is 19.6 Å². The largest absolute Gasteiger partial charge is 0.493 e. The van der Waals surface area contributed by atoms with E-state index >= 15 is 0 Å². The molecule has 0 saturated heterocycles. The highest BCUT2D eigenvalue weighted by atomic mass is 79.9. The quantitative estimate of drug-likeness (QED) is 0.810. The Bertz CT molecular complexity index is 480. The molecule has 6 heteroatoms. The molecular weight excluding hydrogens is 344 g/mol. The van der Waals surface area contributed by atoms with Crippen molar-refractivity contribution in [3.05, 3.63) is 21.6 Å². The minimum absolute atomic E-state index is 0.117. The van der Waals surface area contributed by atoms with Crippen molar-refractivity contribution in [2.75, 3.05) is 19.0 Å². The minimum atomic E-state index is -0.225. The molecule has 112 valence electrons. The van der Waals surface area contributed by atoms with E-state index in [-0.39, 0.29) is 11.8 Å². The van der Waals surface area contributed by atoms with E-state index in [9.17, 15) is 4.79 Å². The molecule has 1 unspecified atom stereocenters. The van der Waals surface area contributed by atoms with E-state index < -0.39 is 0 Å². The second kappa shape index (κ2) is 7.86. The van der Waals surface area contributed by atoms with Crippen molar-refractivity contribution in [2.45, 2.75) is 20.3 Å². The van der Waals surface area contributed by atoms with Gasteiger partial charge in [-0.25, -0.2) is 0 Å². The van der Waals surface area contributed by atoms with E-state index in [4.69, 9.17) is 22.1 Å². The summed E-state index contributed by atoms with van der Waals surface area (Å²) < 4.78 is 5.97. The van der Waals surface area contributed by atoms with Gasteiger partial charge in [0.15, 0.2) is 5.75 Å². The summed E-state index contributed by atoms with van der Waals surface area (Å²) in [5.41, 5.74) is 6.22. The normalized spacial score (nSPS) is 12.3. The summed E-state index contributed by atoms with van der Waals surface area (Å²) in [5, 5.41) is 3.36. The Balaban J connectivity index is 2.94. The molecule has 4 nitrogen and oxygen atoms in total. The van der Waals surface area contributed by atoms with Gasteiger partial charge >= 0.3 is 0 Å². The van der Waals surface area contributed by atoms with Gasteiger partial charge in [0.05, 0.1) is 23.2 Å². The standard InChI is InChI=1S/C14H20BrClN2O2/c1-8(2)4-9(7-17)14(19)18-12-6-10(16)5-11(15)13(12)20-3/h5-6,8-9H,4,7,17H2,1-3H3,(H,18,19). The van der Waals surface area contributed by atoms with Crippen LogP contribution < -0.4 is 15.8 Å². The van der Waals surface area contributed by atoms with Gasteiger partial charge < -0.3 is 15.8 Å². The number of halogens is 2. The van der Waals surface area contributed by atoms with Crippen LogP contribution in [-0.2, 0) is 4.79 Å². The smallest absolute Gasteiger partial charge is 0.228 e. The fraction of sp³-hybridized carbons (Fsp3) is 0.500. The van der Waals surface area contributed by atoms with Crippen LogP contribution in [0.25, 0.3) is 0 Å². The van der Waals surface area contributed by atoms with E-state index in [1.807, 2.05) is 0 Å². The maximum atomic E-state index is 12.3. The molecule has 0 aromatic heterocycles. The highest BCUT2D eigenvalue weighted by Crippen LogP contribution is 2.36. The third kappa shape index (κ3) is 4.65. The number of hydrogen-bond donors (Lipinski definition) is 2. The molecular formula is C14H20BrClN2O2. The van der Waals surface area contributed by atoms with Crippen molar-refractivity contribution in [2.24, 2.45) is 17.6 Å². The molecule has 1 amide bonds. The van der Waals surface area contributed by atoms with Crippen LogP contribution in [0.3, 0.4) is 0 Å². The van der Waals surface area contributed by atoms with Gasteiger partial charge in [0.1, 0.15) is 0 Å². The van der Waals surface area contributed by atoms with Crippen molar-refractivity contribution < 1.29 is 9.53 Å². The Morgan fingerprint density at radius 1 is 1.50 bits per heavy atom. The number of nitrogens with one attached hydrogen (secondary N) is 1. The van der Waals surface area contributed by atoms with E-state index in [0.29, 0.717) is 33.4 Å². The number of amides is 1. The van der Waals surface area contributed by atoms with E-state index in [1.54, 1.807) is 12.1 Å². The number of carbonyl (C=O) groups is 1. The number of methoxy groups -OCH3 is 1. The lowest BCUT2D eigenvalue weighted by Gasteiger charge is -2.18. The lowest BCUT2D eigenvalue weighted by molar-refractivity contribution is -0.120. The van der Waals surface area contributed by atoms with Crippen LogP contribution in [0.5, 0.6) is 5.75 Å². The molecule has 0 spiro atoms. The Hall–Kier alpha value is -0.780. The van der Waals surface area contributed by atoms with Gasteiger partial charge in [-0.2, -0.15) is 0 Å². The van der Waals surface area contributed by atoms with Gasteiger partial charge in [-0.15, -0.1) is 0 Å². The third-order valence-corrected chi connectivity index (χ3v) is 3.69. The highest BCUT2D eigenvalue weighted by molar-refractivity contribution is 9.10. The zero-order chi connectivity index (χ0) is 15.3. The highest BCUT2D eigenvalue weighted by Gasteiger charge is 2.20. The van der Waals surface area contributed by atoms with E-state index in [2.05, 4.69) is 35.1 Å². The molecule has 1 aromatic carbocycles. The van der Waals surface area contributed by atoms with Gasteiger partial charge in [-0.1, -0.05) is 25.4 Å².